The average Bonchev–Trinajstić information content (AvgIpc) is 2.97. The summed E-state index contributed by atoms with van der Waals surface area (Å²) in [5, 5.41) is 2.50. The largest absolute Gasteiger partial charge is 0.309 e. The minimum absolute atomic E-state index is 0.214. The monoisotopic (exact) mass is 313 g/mol. The molecule has 0 spiro atoms. The Balaban J connectivity index is 1.91. The quantitative estimate of drug-likeness (QED) is 0.439. The number of hydrogen-bond donors (Lipinski definition) is 0. The second-order valence-corrected chi connectivity index (χ2v) is 6.09. The van der Waals surface area contributed by atoms with Gasteiger partial charge < -0.3 is 4.57 Å². The number of carbonyl (C=O) groups is 1. The van der Waals surface area contributed by atoms with E-state index in [1.54, 1.807) is 0 Å². The van der Waals surface area contributed by atoms with Crippen LogP contribution in [-0.4, -0.2) is 10.4 Å². The Kier molecular flexibility index (Phi) is 3.66. The highest BCUT2D eigenvalue weighted by Gasteiger charge is 2.11. The van der Waals surface area contributed by atoms with Gasteiger partial charge in [-0.25, -0.2) is 0 Å². The number of aromatic nitrogens is 1. The van der Waals surface area contributed by atoms with Gasteiger partial charge in [0.15, 0.2) is 5.78 Å². The van der Waals surface area contributed by atoms with E-state index < -0.39 is 0 Å². The summed E-state index contributed by atoms with van der Waals surface area (Å²) in [6.07, 6.45) is 1.49. The van der Waals surface area contributed by atoms with E-state index in [1.807, 2.05) is 31.2 Å². The first-order valence-corrected chi connectivity index (χ1v) is 8.41. The van der Waals surface area contributed by atoms with Crippen LogP contribution >= 0.6 is 0 Å². The standard InChI is InChI=1S/C22H19NO/c1-2-7-22(24)16-12-14-17(15-13-16)23-20-10-5-3-8-18(20)19-9-4-6-11-21(19)23/h3-6,8-15H,2,7H2,1H3. The molecule has 0 bridgehead atoms. The van der Waals surface area contributed by atoms with Crippen molar-refractivity contribution >= 4 is 27.6 Å². The van der Waals surface area contributed by atoms with Gasteiger partial charge in [-0.05, 0) is 42.8 Å². The van der Waals surface area contributed by atoms with Crippen LogP contribution < -0.4 is 0 Å². The van der Waals surface area contributed by atoms with E-state index >= 15 is 0 Å². The second-order valence-electron chi connectivity index (χ2n) is 6.09. The smallest absolute Gasteiger partial charge is 0.162 e. The minimum atomic E-state index is 0.214. The van der Waals surface area contributed by atoms with Gasteiger partial charge in [0.1, 0.15) is 0 Å². The fourth-order valence-electron chi connectivity index (χ4n) is 3.37. The van der Waals surface area contributed by atoms with Gasteiger partial charge in [0.2, 0.25) is 0 Å². The number of para-hydroxylation sites is 2. The van der Waals surface area contributed by atoms with Crippen molar-refractivity contribution in [3.8, 4) is 5.69 Å². The summed E-state index contributed by atoms with van der Waals surface area (Å²) >= 11 is 0. The van der Waals surface area contributed by atoms with Crippen LogP contribution in [0, 0.1) is 0 Å². The zero-order valence-corrected chi connectivity index (χ0v) is 13.7. The molecule has 1 aromatic heterocycles. The Morgan fingerprint density at radius 2 is 1.33 bits per heavy atom. The van der Waals surface area contributed by atoms with Crippen molar-refractivity contribution in [2.24, 2.45) is 0 Å². The summed E-state index contributed by atoms with van der Waals surface area (Å²) in [7, 11) is 0. The number of nitrogens with zero attached hydrogens (tertiary/aromatic N) is 1. The van der Waals surface area contributed by atoms with Crippen LogP contribution in [0.2, 0.25) is 0 Å². The Labute approximate surface area is 141 Å². The van der Waals surface area contributed by atoms with Gasteiger partial charge in [-0.2, -0.15) is 0 Å². The summed E-state index contributed by atoms with van der Waals surface area (Å²) < 4.78 is 2.26. The first kappa shape index (κ1) is 14.7. The van der Waals surface area contributed by atoms with Crippen molar-refractivity contribution in [1.82, 2.24) is 4.57 Å². The number of hydrogen-bond acceptors (Lipinski definition) is 1. The molecule has 0 saturated carbocycles. The first-order valence-electron chi connectivity index (χ1n) is 8.41. The predicted octanol–water partition coefficient (Wildman–Crippen LogP) is 5.77. The molecule has 0 unspecified atom stereocenters. The molecule has 1 heterocycles. The predicted molar refractivity (Wildman–Crippen MR) is 100 cm³/mol. The molecule has 0 aliphatic heterocycles. The van der Waals surface area contributed by atoms with Crippen LogP contribution in [0.3, 0.4) is 0 Å². The summed E-state index contributed by atoms with van der Waals surface area (Å²) in [5.74, 6) is 0.214. The normalized spacial score (nSPS) is 11.2. The van der Waals surface area contributed by atoms with Gasteiger partial charge in [0, 0.05) is 28.4 Å². The maximum atomic E-state index is 12.1. The Morgan fingerprint density at radius 1 is 0.792 bits per heavy atom. The van der Waals surface area contributed by atoms with E-state index in [0.29, 0.717) is 6.42 Å². The van der Waals surface area contributed by atoms with Gasteiger partial charge in [-0.15, -0.1) is 0 Å². The van der Waals surface area contributed by atoms with Crippen LogP contribution in [-0.2, 0) is 0 Å². The Hall–Kier alpha value is -2.87. The van der Waals surface area contributed by atoms with Gasteiger partial charge in [-0.1, -0.05) is 43.3 Å². The molecular weight excluding hydrogens is 294 g/mol. The van der Waals surface area contributed by atoms with E-state index in [0.717, 1.165) is 17.7 Å². The number of benzene rings is 3. The minimum Gasteiger partial charge on any atom is -0.309 e. The summed E-state index contributed by atoms with van der Waals surface area (Å²) in [4.78, 5) is 12.1. The Morgan fingerprint density at radius 3 is 1.88 bits per heavy atom. The van der Waals surface area contributed by atoms with Crippen molar-refractivity contribution in [3.63, 3.8) is 0 Å². The first-order chi connectivity index (χ1) is 11.8. The lowest BCUT2D eigenvalue weighted by Crippen LogP contribution is -1.99. The maximum absolute atomic E-state index is 12.1. The fraction of sp³-hybridized carbons (Fsp3) is 0.136. The molecular formula is C22H19NO. The average molecular weight is 313 g/mol. The number of carbonyl (C=O) groups excluding carboxylic acids is 1. The molecule has 2 nitrogen and oxygen atoms in total. The zero-order valence-electron chi connectivity index (χ0n) is 13.7. The molecule has 4 rings (SSSR count). The van der Waals surface area contributed by atoms with Crippen LogP contribution in [0.5, 0.6) is 0 Å². The van der Waals surface area contributed by atoms with Crippen molar-refractivity contribution < 1.29 is 4.79 Å². The van der Waals surface area contributed by atoms with Crippen molar-refractivity contribution in [3.05, 3.63) is 78.4 Å². The maximum Gasteiger partial charge on any atom is 0.162 e. The van der Waals surface area contributed by atoms with Crippen LogP contribution in [0.1, 0.15) is 30.1 Å². The lowest BCUT2D eigenvalue weighted by Gasteiger charge is -2.08. The molecule has 0 aliphatic carbocycles. The molecule has 3 aromatic carbocycles. The molecule has 0 atom stereocenters. The molecule has 0 fully saturated rings. The van der Waals surface area contributed by atoms with Gasteiger partial charge in [-0.3, -0.25) is 4.79 Å². The van der Waals surface area contributed by atoms with E-state index in [4.69, 9.17) is 0 Å². The van der Waals surface area contributed by atoms with Gasteiger partial charge in [0.25, 0.3) is 0 Å². The molecule has 0 amide bonds. The highest BCUT2D eigenvalue weighted by molar-refractivity contribution is 6.09. The van der Waals surface area contributed by atoms with E-state index in [-0.39, 0.29) is 5.78 Å². The molecule has 4 aromatic rings. The third-order valence-electron chi connectivity index (χ3n) is 4.50. The molecule has 0 N–H and O–H groups in total. The lowest BCUT2D eigenvalue weighted by molar-refractivity contribution is 0.0982. The topological polar surface area (TPSA) is 22.0 Å². The molecule has 0 aliphatic rings. The van der Waals surface area contributed by atoms with Gasteiger partial charge in [0.05, 0.1) is 11.0 Å². The van der Waals surface area contributed by atoms with E-state index in [9.17, 15) is 4.79 Å². The number of Topliss-reactive ketones (excluding diaryl/α,β-unsaturated/α-hetero) is 1. The van der Waals surface area contributed by atoms with Gasteiger partial charge >= 0.3 is 0 Å². The van der Waals surface area contributed by atoms with E-state index in [2.05, 4.69) is 53.1 Å². The number of rotatable bonds is 4. The summed E-state index contributed by atoms with van der Waals surface area (Å²) in [6, 6.07) is 24.9. The van der Waals surface area contributed by atoms with Crippen LogP contribution in [0.4, 0.5) is 0 Å². The third kappa shape index (κ3) is 2.31. The SMILES string of the molecule is CCCC(=O)c1ccc(-n2c3ccccc3c3ccccc32)cc1. The molecule has 24 heavy (non-hydrogen) atoms. The van der Waals surface area contributed by atoms with Crippen molar-refractivity contribution in [1.29, 1.82) is 0 Å². The highest BCUT2D eigenvalue weighted by Crippen LogP contribution is 2.31. The van der Waals surface area contributed by atoms with E-state index in [1.165, 1.54) is 21.8 Å². The Bertz CT molecular complexity index is 972. The summed E-state index contributed by atoms with van der Waals surface area (Å²) in [5.41, 5.74) is 4.25. The van der Waals surface area contributed by atoms with Crippen molar-refractivity contribution in [2.75, 3.05) is 0 Å². The fourth-order valence-corrected chi connectivity index (χ4v) is 3.37. The van der Waals surface area contributed by atoms with Crippen LogP contribution in [0.15, 0.2) is 72.8 Å². The molecule has 0 saturated heterocycles. The number of fused-ring (bicyclic) bond motifs is 3. The zero-order chi connectivity index (χ0) is 16.5. The molecule has 0 radical (unpaired) electrons. The van der Waals surface area contributed by atoms with Crippen LogP contribution in [0.25, 0.3) is 27.5 Å². The van der Waals surface area contributed by atoms with Crippen molar-refractivity contribution in [2.45, 2.75) is 19.8 Å². The molecule has 118 valence electrons. The summed E-state index contributed by atoms with van der Waals surface area (Å²) in [6.45, 7) is 2.03. The third-order valence-corrected chi connectivity index (χ3v) is 4.50. The molecule has 2 heteroatoms. The number of ketones is 1. The highest BCUT2D eigenvalue weighted by atomic mass is 16.1. The second kappa shape index (κ2) is 5.97. The lowest BCUT2D eigenvalue weighted by atomic mass is 10.1.